The predicted molar refractivity (Wildman–Crippen MR) is 101 cm³/mol. The summed E-state index contributed by atoms with van der Waals surface area (Å²) >= 11 is 0. The van der Waals surface area contributed by atoms with Crippen LogP contribution in [0.5, 0.6) is 11.5 Å². The number of hydrogen-bond acceptors (Lipinski definition) is 3. The maximum atomic E-state index is 12.6. The first kappa shape index (κ1) is 21.6. The highest BCUT2D eigenvalue weighted by Gasteiger charge is 2.29. The molecule has 152 valence electrons. The summed E-state index contributed by atoms with van der Waals surface area (Å²) in [6.45, 7) is 5.27. The van der Waals surface area contributed by atoms with E-state index < -0.39 is 11.7 Å². The number of alkyl halides is 3. The van der Waals surface area contributed by atoms with Gasteiger partial charge in [0.1, 0.15) is 0 Å². The van der Waals surface area contributed by atoms with Crippen molar-refractivity contribution in [2.75, 3.05) is 19.8 Å². The Kier molecular flexibility index (Phi) is 7.72. The maximum absolute atomic E-state index is 12.6. The normalized spacial score (nSPS) is 11.2. The van der Waals surface area contributed by atoms with Crippen molar-refractivity contribution in [1.82, 2.24) is 5.32 Å². The van der Waals surface area contributed by atoms with Crippen LogP contribution in [0.3, 0.4) is 0 Å². The zero-order chi connectivity index (χ0) is 20.6. The van der Waals surface area contributed by atoms with Crippen LogP contribution in [0.15, 0.2) is 42.5 Å². The van der Waals surface area contributed by atoms with E-state index in [1.54, 1.807) is 0 Å². The lowest BCUT2D eigenvalue weighted by Gasteiger charge is -2.13. The number of rotatable bonds is 9. The summed E-state index contributed by atoms with van der Waals surface area (Å²) in [6.07, 6.45) is -3.74. The van der Waals surface area contributed by atoms with Crippen LogP contribution in [0, 0.1) is 0 Å². The molecular formula is C21H24F3NO3. The lowest BCUT2D eigenvalue weighted by atomic mass is 10.1. The number of amides is 1. The van der Waals surface area contributed by atoms with Gasteiger partial charge >= 0.3 is 6.18 Å². The number of halogens is 3. The number of carbonyl (C=O) groups is 1. The van der Waals surface area contributed by atoms with Gasteiger partial charge in [0.2, 0.25) is 5.91 Å². The molecule has 0 unspecified atom stereocenters. The first-order valence-electron chi connectivity index (χ1n) is 9.14. The molecule has 2 aromatic rings. The fraction of sp³-hybridized carbons (Fsp3) is 0.381. The van der Waals surface area contributed by atoms with Crippen molar-refractivity contribution in [2.45, 2.75) is 32.9 Å². The Bertz CT molecular complexity index is 773. The summed E-state index contributed by atoms with van der Waals surface area (Å²) in [7, 11) is 0. The summed E-state index contributed by atoms with van der Waals surface area (Å²) in [5.74, 6) is 1.10. The van der Waals surface area contributed by atoms with Crippen LogP contribution in [-0.2, 0) is 23.8 Å². The summed E-state index contributed by atoms with van der Waals surface area (Å²) in [5, 5.41) is 2.78. The molecule has 0 bridgehead atoms. The molecule has 0 aliphatic rings. The van der Waals surface area contributed by atoms with Crippen molar-refractivity contribution >= 4 is 5.91 Å². The van der Waals surface area contributed by atoms with Gasteiger partial charge in [-0.15, -0.1) is 0 Å². The van der Waals surface area contributed by atoms with Gasteiger partial charge in [0.05, 0.1) is 25.2 Å². The van der Waals surface area contributed by atoms with Gasteiger partial charge in [-0.1, -0.05) is 18.2 Å². The van der Waals surface area contributed by atoms with E-state index in [1.165, 1.54) is 12.1 Å². The molecule has 0 aliphatic heterocycles. The van der Waals surface area contributed by atoms with Crippen LogP contribution in [0.1, 0.15) is 30.5 Å². The first-order chi connectivity index (χ1) is 13.3. The first-order valence-corrected chi connectivity index (χ1v) is 9.14. The van der Waals surface area contributed by atoms with Gasteiger partial charge in [-0.3, -0.25) is 4.79 Å². The maximum Gasteiger partial charge on any atom is 0.416 e. The monoisotopic (exact) mass is 395 g/mol. The molecule has 1 amide bonds. The molecule has 0 fully saturated rings. The summed E-state index contributed by atoms with van der Waals surface area (Å²) in [4.78, 5) is 12.0. The topological polar surface area (TPSA) is 47.6 Å². The number of carbonyl (C=O) groups excluding carboxylic acids is 1. The highest BCUT2D eigenvalue weighted by molar-refractivity contribution is 5.78. The third-order valence-corrected chi connectivity index (χ3v) is 3.99. The number of hydrogen-bond donors (Lipinski definition) is 1. The van der Waals surface area contributed by atoms with Gasteiger partial charge in [-0.25, -0.2) is 0 Å². The molecule has 0 saturated heterocycles. The minimum atomic E-state index is -4.38. The number of nitrogens with one attached hydrogen (secondary N) is 1. The second-order valence-corrected chi connectivity index (χ2v) is 6.12. The smallest absolute Gasteiger partial charge is 0.416 e. The van der Waals surface area contributed by atoms with Crippen molar-refractivity contribution in [1.29, 1.82) is 0 Å². The standard InChI is InChI=1S/C21H24F3NO3/c1-3-27-18-10-7-16(13-19(18)28-4-2)11-12-25-20(26)14-15-5-8-17(9-6-15)21(22,23)24/h5-10,13H,3-4,11-12,14H2,1-2H3,(H,25,26). The van der Waals surface area contributed by atoms with Crippen molar-refractivity contribution < 1.29 is 27.4 Å². The van der Waals surface area contributed by atoms with Crippen LogP contribution in [0.2, 0.25) is 0 Å². The van der Waals surface area contributed by atoms with Crippen molar-refractivity contribution in [3.63, 3.8) is 0 Å². The highest BCUT2D eigenvalue weighted by atomic mass is 19.4. The van der Waals surface area contributed by atoms with E-state index in [0.717, 1.165) is 17.7 Å². The van der Waals surface area contributed by atoms with Crippen LogP contribution in [-0.4, -0.2) is 25.7 Å². The summed E-state index contributed by atoms with van der Waals surface area (Å²) < 4.78 is 48.8. The molecule has 0 aliphatic carbocycles. The zero-order valence-corrected chi connectivity index (χ0v) is 15.9. The molecule has 0 spiro atoms. The second kappa shape index (κ2) is 10.0. The minimum Gasteiger partial charge on any atom is -0.490 e. The Morgan fingerprint density at radius 2 is 1.54 bits per heavy atom. The van der Waals surface area contributed by atoms with Crippen LogP contribution in [0.4, 0.5) is 13.2 Å². The fourth-order valence-electron chi connectivity index (χ4n) is 2.66. The van der Waals surface area contributed by atoms with Crippen molar-refractivity contribution in [3.05, 3.63) is 59.2 Å². The number of benzene rings is 2. The van der Waals surface area contributed by atoms with E-state index in [2.05, 4.69) is 5.32 Å². The summed E-state index contributed by atoms with van der Waals surface area (Å²) in [5.41, 5.74) is 0.796. The summed E-state index contributed by atoms with van der Waals surface area (Å²) in [6, 6.07) is 10.3. The van der Waals surface area contributed by atoms with Gasteiger partial charge in [-0.05, 0) is 55.7 Å². The molecule has 1 N–H and O–H groups in total. The Balaban J connectivity index is 1.85. The fourth-order valence-corrected chi connectivity index (χ4v) is 2.66. The third kappa shape index (κ3) is 6.48. The number of ether oxygens (including phenoxy) is 2. The SMILES string of the molecule is CCOc1ccc(CCNC(=O)Cc2ccc(C(F)(F)F)cc2)cc1OCC. The molecule has 0 aromatic heterocycles. The average molecular weight is 395 g/mol. The minimum absolute atomic E-state index is 0.0333. The molecule has 7 heteroatoms. The van der Waals surface area contributed by atoms with E-state index >= 15 is 0 Å². The van der Waals surface area contributed by atoms with E-state index in [9.17, 15) is 18.0 Å². The van der Waals surface area contributed by atoms with Crippen molar-refractivity contribution in [3.8, 4) is 11.5 Å². The largest absolute Gasteiger partial charge is 0.490 e. The Morgan fingerprint density at radius 1 is 0.929 bits per heavy atom. The quantitative estimate of drug-likeness (QED) is 0.685. The Hall–Kier alpha value is -2.70. The lowest BCUT2D eigenvalue weighted by molar-refractivity contribution is -0.137. The molecule has 28 heavy (non-hydrogen) atoms. The highest BCUT2D eigenvalue weighted by Crippen LogP contribution is 2.29. The zero-order valence-electron chi connectivity index (χ0n) is 15.9. The van der Waals surface area contributed by atoms with Crippen molar-refractivity contribution in [2.24, 2.45) is 0 Å². The van der Waals surface area contributed by atoms with Gasteiger partial charge in [0.25, 0.3) is 0 Å². The van der Waals surface area contributed by atoms with Gasteiger partial charge < -0.3 is 14.8 Å². The Morgan fingerprint density at radius 3 is 2.14 bits per heavy atom. The van der Waals surface area contributed by atoms with E-state index in [4.69, 9.17) is 9.47 Å². The predicted octanol–water partition coefficient (Wildman–Crippen LogP) is 4.40. The van der Waals surface area contributed by atoms with Crippen LogP contribution >= 0.6 is 0 Å². The second-order valence-electron chi connectivity index (χ2n) is 6.12. The molecule has 0 radical (unpaired) electrons. The van der Waals surface area contributed by atoms with E-state index in [0.29, 0.717) is 43.2 Å². The molecule has 0 saturated carbocycles. The third-order valence-electron chi connectivity index (χ3n) is 3.99. The molecular weight excluding hydrogens is 371 g/mol. The van der Waals surface area contributed by atoms with Crippen LogP contribution in [0.25, 0.3) is 0 Å². The van der Waals surface area contributed by atoms with Gasteiger partial charge in [0.15, 0.2) is 11.5 Å². The molecule has 0 heterocycles. The average Bonchev–Trinajstić information content (AvgIpc) is 2.64. The molecule has 2 rings (SSSR count). The van der Waals surface area contributed by atoms with E-state index in [-0.39, 0.29) is 12.3 Å². The molecule has 2 aromatic carbocycles. The van der Waals surface area contributed by atoms with Crippen LogP contribution < -0.4 is 14.8 Å². The van der Waals surface area contributed by atoms with E-state index in [1.807, 2.05) is 32.0 Å². The lowest BCUT2D eigenvalue weighted by Crippen LogP contribution is -2.27. The molecule has 4 nitrogen and oxygen atoms in total. The Labute approximate surface area is 162 Å². The van der Waals surface area contributed by atoms with Gasteiger partial charge in [0, 0.05) is 6.54 Å². The molecule has 0 atom stereocenters. The van der Waals surface area contributed by atoms with Gasteiger partial charge in [-0.2, -0.15) is 13.2 Å².